The number of carbonyl (C=O) groups is 3. The molecule has 1 fully saturated rings. The molecule has 0 unspecified atom stereocenters. The van der Waals surface area contributed by atoms with Crippen molar-refractivity contribution in [2.24, 2.45) is 0 Å². The van der Waals surface area contributed by atoms with Gasteiger partial charge in [-0.25, -0.2) is 4.98 Å². The highest BCUT2D eigenvalue weighted by molar-refractivity contribution is 7.14. The molecule has 0 atom stereocenters. The smallest absolute Gasteiger partial charge is 0.226 e. The van der Waals surface area contributed by atoms with Crippen molar-refractivity contribution in [2.75, 3.05) is 31.5 Å². The van der Waals surface area contributed by atoms with Gasteiger partial charge in [0.25, 0.3) is 0 Å². The Morgan fingerprint density at radius 2 is 1.69 bits per heavy atom. The van der Waals surface area contributed by atoms with E-state index in [4.69, 9.17) is 0 Å². The summed E-state index contributed by atoms with van der Waals surface area (Å²) in [6.07, 6.45) is 1.26. The molecule has 0 saturated carbocycles. The molecule has 0 radical (unpaired) electrons. The van der Waals surface area contributed by atoms with Gasteiger partial charge in [0.05, 0.1) is 5.69 Å². The molecule has 8 heteroatoms. The van der Waals surface area contributed by atoms with Gasteiger partial charge in [0.15, 0.2) is 5.13 Å². The second kappa shape index (κ2) is 9.65. The molecule has 29 heavy (non-hydrogen) atoms. The van der Waals surface area contributed by atoms with Gasteiger partial charge < -0.3 is 15.1 Å². The highest BCUT2D eigenvalue weighted by Crippen LogP contribution is 2.25. The Hall–Kier alpha value is -2.74. The number of nitrogens with one attached hydrogen (secondary N) is 1. The Morgan fingerprint density at radius 1 is 1.03 bits per heavy atom. The van der Waals surface area contributed by atoms with E-state index in [-0.39, 0.29) is 30.6 Å². The van der Waals surface area contributed by atoms with Gasteiger partial charge in [0.2, 0.25) is 17.7 Å². The Balaban J connectivity index is 1.45. The molecule has 0 spiro atoms. The average Bonchev–Trinajstić information content (AvgIpc) is 3.20. The lowest BCUT2D eigenvalue weighted by atomic mass is 10.1. The van der Waals surface area contributed by atoms with Crippen molar-refractivity contribution in [1.29, 1.82) is 0 Å². The van der Waals surface area contributed by atoms with Crippen LogP contribution < -0.4 is 5.32 Å². The van der Waals surface area contributed by atoms with Crippen molar-refractivity contribution in [3.63, 3.8) is 0 Å². The molecule has 1 aliphatic heterocycles. The first-order chi connectivity index (χ1) is 14.0. The molecule has 7 nitrogen and oxygen atoms in total. The third kappa shape index (κ3) is 5.63. The molecule has 1 saturated heterocycles. The summed E-state index contributed by atoms with van der Waals surface area (Å²) in [4.78, 5) is 43.8. The Bertz CT molecular complexity index is 870. The lowest BCUT2D eigenvalue weighted by molar-refractivity contribution is -0.138. The summed E-state index contributed by atoms with van der Waals surface area (Å²) < 4.78 is 0. The first-order valence-electron chi connectivity index (χ1n) is 9.84. The number of aryl methyl sites for hydroxylation is 1. The van der Waals surface area contributed by atoms with Crippen molar-refractivity contribution in [2.45, 2.75) is 33.1 Å². The van der Waals surface area contributed by atoms with Gasteiger partial charge in [-0.05, 0) is 12.0 Å². The summed E-state index contributed by atoms with van der Waals surface area (Å²) in [5, 5.41) is 5.23. The molecule has 1 aliphatic rings. The summed E-state index contributed by atoms with van der Waals surface area (Å²) in [5.41, 5.74) is 3.11. The number of piperazine rings is 1. The van der Waals surface area contributed by atoms with Crippen LogP contribution in [0.15, 0.2) is 29.6 Å². The van der Waals surface area contributed by atoms with E-state index in [0.29, 0.717) is 31.3 Å². The van der Waals surface area contributed by atoms with E-state index in [1.54, 1.807) is 9.80 Å². The molecule has 2 aromatic rings. The van der Waals surface area contributed by atoms with Gasteiger partial charge in [-0.15, -0.1) is 11.3 Å². The van der Waals surface area contributed by atoms with Crippen LogP contribution in [0.4, 0.5) is 5.13 Å². The number of benzene rings is 1. The van der Waals surface area contributed by atoms with Crippen LogP contribution in [0.2, 0.25) is 0 Å². The van der Waals surface area contributed by atoms with E-state index in [1.165, 1.54) is 23.8 Å². The summed E-state index contributed by atoms with van der Waals surface area (Å²) >= 11 is 1.37. The second-order valence-corrected chi connectivity index (χ2v) is 7.88. The molecule has 0 bridgehead atoms. The predicted octanol–water partition coefficient (Wildman–Crippen LogP) is 2.78. The van der Waals surface area contributed by atoms with Crippen LogP contribution in [0.1, 0.15) is 32.3 Å². The zero-order valence-electron chi connectivity index (χ0n) is 16.8. The van der Waals surface area contributed by atoms with E-state index < -0.39 is 0 Å². The van der Waals surface area contributed by atoms with Gasteiger partial charge in [0, 0.05) is 56.9 Å². The topological polar surface area (TPSA) is 82.6 Å². The quantitative estimate of drug-likeness (QED) is 0.788. The minimum absolute atomic E-state index is 0.0283. The second-order valence-electron chi connectivity index (χ2n) is 7.02. The Morgan fingerprint density at radius 3 is 2.31 bits per heavy atom. The fourth-order valence-corrected chi connectivity index (χ4v) is 3.94. The number of carbonyl (C=O) groups excluding carboxylic acids is 3. The monoisotopic (exact) mass is 414 g/mol. The van der Waals surface area contributed by atoms with E-state index >= 15 is 0 Å². The lowest BCUT2D eigenvalue weighted by Crippen LogP contribution is -2.50. The lowest BCUT2D eigenvalue weighted by Gasteiger charge is -2.34. The highest BCUT2D eigenvalue weighted by Gasteiger charge is 2.22. The van der Waals surface area contributed by atoms with E-state index in [2.05, 4.69) is 29.4 Å². The molecule has 1 N–H and O–H groups in total. The number of aromatic nitrogens is 1. The first kappa shape index (κ1) is 21.0. The molecule has 2 heterocycles. The molecular weight excluding hydrogens is 388 g/mol. The normalized spacial score (nSPS) is 14.0. The van der Waals surface area contributed by atoms with Crippen molar-refractivity contribution in [3.8, 4) is 11.3 Å². The fourth-order valence-electron chi connectivity index (χ4n) is 3.21. The number of nitrogens with zero attached hydrogens (tertiary/aromatic N) is 3. The van der Waals surface area contributed by atoms with E-state index in [1.807, 2.05) is 17.5 Å². The fraction of sp³-hybridized carbons (Fsp3) is 0.429. The number of amides is 3. The van der Waals surface area contributed by atoms with Gasteiger partial charge in [-0.3, -0.25) is 14.4 Å². The van der Waals surface area contributed by atoms with Gasteiger partial charge in [-0.1, -0.05) is 31.2 Å². The maximum absolute atomic E-state index is 12.3. The first-order valence-corrected chi connectivity index (χ1v) is 10.7. The third-order valence-electron chi connectivity index (χ3n) is 5.05. The largest absolute Gasteiger partial charge is 0.339 e. The molecule has 0 aliphatic carbocycles. The number of hydrogen-bond donors (Lipinski definition) is 1. The van der Waals surface area contributed by atoms with Gasteiger partial charge >= 0.3 is 0 Å². The van der Waals surface area contributed by atoms with Crippen LogP contribution in [0.3, 0.4) is 0 Å². The Kier molecular flexibility index (Phi) is 6.98. The summed E-state index contributed by atoms with van der Waals surface area (Å²) in [6.45, 7) is 5.79. The Labute approximate surface area is 174 Å². The predicted molar refractivity (Wildman–Crippen MR) is 114 cm³/mol. The van der Waals surface area contributed by atoms with Crippen molar-refractivity contribution >= 4 is 34.2 Å². The minimum Gasteiger partial charge on any atom is -0.339 e. The van der Waals surface area contributed by atoms with Crippen LogP contribution in [0.25, 0.3) is 11.3 Å². The molecule has 3 amide bonds. The van der Waals surface area contributed by atoms with E-state index in [9.17, 15) is 14.4 Å². The maximum atomic E-state index is 12.3. The summed E-state index contributed by atoms with van der Waals surface area (Å²) in [7, 11) is 0. The van der Waals surface area contributed by atoms with Crippen LogP contribution >= 0.6 is 11.3 Å². The standard InChI is InChI=1S/C21H26N4O3S/c1-3-16-4-6-17(7-5-16)18-14-29-21(22-18)23-19(27)8-9-20(28)25-12-10-24(11-13-25)15(2)26/h4-7,14H,3,8-13H2,1-2H3,(H,22,23,27). The number of hydrogen-bond acceptors (Lipinski definition) is 5. The number of thiazole rings is 1. The SMILES string of the molecule is CCc1ccc(-c2csc(NC(=O)CCC(=O)N3CCN(C(C)=O)CC3)n2)cc1. The van der Waals surface area contributed by atoms with E-state index in [0.717, 1.165) is 17.7 Å². The minimum atomic E-state index is -0.219. The molecule has 154 valence electrons. The van der Waals surface area contributed by atoms with Gasteiger partial charge in [0.1, 0.15) is 0 Å². The van der Waals surface area contributed by atoms with Gasteiger partial charge in [-0.2, -0.15) is 0 Å². The molecule has 3 rings (SSSR count). The summed E-state index contributed by atoms with van der Waals surface area (Å²) in [6, 6.07) is 8.22. The summed E-state index contributed by atoms with van der Waals surface area (Å²) in [5.74, 6) is -0.247. The maximum Gasteiger partial charge on any atom is 0.226 e. The molecular formula is C21H26N4O3S. The van der Waals surface area contributed by atoms with Crippen molar-refractivity contribution in [1.82, 2.24) is 14.8 Å². The van der Waals surface area contributed by atoms with Crippen LogP contribution in [0.5, 0.6) is 0 Å². The van der Waals surface area contributed by atoms with Crippen molar-refractivity contribution in [3.05, 3.63) is 35.2 Å². The number of anilines is 1. The molecule has 1 aromatic carbocycles. The van der Waals surface area contributed by atoms with Crippen LogP contribution in [-0.4, -0.2) is 58.7 Å². The van der Waals surface area contributed by atoms with Crippen molar-refractivity contribution < 1.29 is 14.4 Å². The van der Waals surface area contributed by atoms with Crippen LogP contribution in [0, 0.1) is 0 Å². The molecule has 1 aromatic heterocycles. The highest BCUT2D eigenvalue weighted by atomic mass is 32.1. The zero-order valence-corrected chi connectivity index (χ0v) is 17.6. The third-order valence-corrected chi connectivity index (χ3v) is 5.81. The average molecular weight is 415 g/mol. The van der Waals surface area contributed by atoms with Crippen LogP contribution in [-0.2, 0) is 20.8 Å². The number of rotatable bonds is 6. The zero-order chi connectivity index (χ0) is 20.8.